The van der Waals surface area contributed by atoms with Crippen molar-refractivity contribution in [1.82, 2.24) is 0 Å². The van der Waals surface area contributed by atoms with Crippen molar-refractivity contribution in [3.8, 4) is 0 Å². The number of unbranched alkanes of at least 4 members (excludes halogenated alkanes) is 27. The molecule has 0 rings (SSSR count). The summed E-state index contributed by atoms with van der Waals surface area (Å²) < 4.78 is 16.8. The molecule has 0 saturated heterocycles. The van der Waals surface area contributed by atoms with Crippen LogP contribution in [-0.2, 0) is 28.6 Å². The van der Waals surface area contributed by atoms with Gasteiger partial charge in [0.25, 0.3) is 0 Å². The molecule has 0 aliphatic carbocycles. The molecule has 0 aromatic rings. The van der Waals surface area contributed by atoms with E-state index in [0.29, 0.717) is 19.3 Å². The fourth-order valence-corrected chi connectivity index (χ4v) is 9.15. The second kappa shape index (κ2) is 68.1. The zero-order valence-corrected chi connectivity index (χ0v) is 52.8. The monoisotopic (exact) mass is 1120 g/mol. The van der Waals surface area contributed by atoms with E-state index in [1.54, 1.807) is 0 Å². The highest BCUT2D eigenvalue weighted by molar-refractivity contribution is 5.71. The number of hydrogen-bond donors (Lipinski definition) is 0. The van der Waals surface area contributed by atoms with Gasteiger partial charge in [0.2, 0.25) is 0 Å². The lowest BCUT2D eigenvalue weighted by Crippen LogP contribution is -2.30. The Morgan fingerprint density at radius 2 is 0.506 bits per heavy atom. The van der Waals surface area contributed by atoms with Crippen molar-refractivity contribution in [2.24, 2.45) is 0 Å². The van der Waals surface area contributed by atoms with Gasteiger partial charge in [0.1, 0.15) is 13.2 Å². The summed E-state index contributed by atoms with van der Waals surface area (Å²) in [4.78, 5) is 38.2. The Morgan fingerprint density at radius 3 is 0.815 bits per heavy atom. The average Bonchev–Trinajstić information content (AvgIpc) is 3.47. The first-order chi connectivity index (χ1) is 40.0. The molecule has 6 nitrogen and oxygen atoms in total. The fourth-order valence-electron chi connectivity index (χ4n) is 9.15. The van der Waals surface area contributed by atoms with Gasteiger partial charge in [-0.1, -0.05) is 302 Å². The number of esters is 3. The minimum atomic E-state index is -0.824. The maximum atomic E-state index is 12.9. The molecule has 0 spiro atoms. The Morgan fingerprint density at radius 1 is 0.259 bits per heavy atom. The van der Waals surface area contributed by atoms with E-state index in [1.807, 2.05) is 6.08 Å². The third kappa shape index (κ3) is 66.2. The fraction of sp³-hybridized carbons (Fsp3) is 0.667. The highest BCUT2D eigenvalue weighted by Crippen LogP contribution is 2.17. The van der Waals surface area contributed by atoms with Gasteiger partial charge >= 0.3 is 17.9 Å². The molecule has 0 fully saturated rings. The van der Waals surface area contributed by atoms with E-state index >= 15 is 0 Å². The zero-order valence-electron chi connectivity index (χ0n) is 52.8. The number of ether oxygens (including phenoxy) is 3. The van der Waals surface area contributed by atoms with Crippen molar-refractivity contribution in [3.05, 3.63) is 134 Å². The van der Waals surface area contributed by atoms with Crippen molar-refractivity contribution in [2.45, 2.75) is 309 Å². The molecule has 0 heterocycles. The average molecular weight is 1120 g/mol. The Balaban J connectivity index is 4.22. The Labute approximate surface area is 500 Å². The third-order valence-corrected chi connectivity index (χ3v) is 14.1. The number of carbonyl (C=O) groups excluding carboxylic acids is 3. The molecule has 0 saturated carbocycles. The summed E-state index contributed by atoms with van der Waals surface area (Å²) >= 11 is 0. The molecule has 0 aliphatic heterocycles. The predicted octanol–water partition coefficient (Wildman–Crippen LogP) is 23.3. The SMILES string of the molecule is CC/C=C\C/C=C\C/C=C\C/C=C\C/C=C\C/C=C\CCC(=O)OC(COC(=O)CCCCCCC/C=C\CCCC)COC(=O)CCCCCCCCCCCCCCCCCCCCCC/C=C\C/C=C\C/C=C\C/C=C\CC. The molecule has 460 valence electrons. The Hall–Kier alpha value is -4.45. The minimum absolute atomic E-state index is 0.111. The summed E-state index contributed by atoms with van der Waals surface area (Å²) in [5.41, 5.74) is 0. The van der Waals surface area contributed by atoms with Crippen LogP contribution in [0.5, 0.6) is 0 Å². The van der Waals surface area contributed by atoms with Crippen LogP contribution in [0.15, 0.2) is 134 Å². The summed E-state index contributed by atoms with van der Waals surface area (Å²) in [5.74, 6) is -1.00. The molecule has 0 aliphatic rings. The standard InChI is InChI=1S/C75H124O6/c1-4-7-10-13-16-19-22-24-26-28-30-31-32-33-34-35-36-37-38-39-40-41-42-43-45-46-48-50-53-56-59-62-65-68-74(77)80-71-72(70-79-73(76)67-64-61-58-55-52-21-18-15-12-9-6-3)81-75(78)69-66-63-60-57-54-51-49-47-44-29-27-25-23-20-17-14-11-8-5-2/h7-8,10-11,15-20,24-27,30-31,44,47,51,54,60,63,72H,4-6,9,12-14,21-23,28-29,32-43,45-46,48-50,52-53,55-59,61-62,64-71H2,1-3H3/b10-7-,11-8-,18-15-,19-16-,20-17-,26-24-,27-25-,31-30-,47-44-,54-51-,63-60-. The highest BCUT2D eigenvalue weighted by atomic mass is 16.6. The quantitative estimate of drug-likeness (QED) is 0.0261. The van der Waals surface area contributed by atoms with Crippen LogP contribution >= 0.6 is 0 Å². The van der Waals surface area contributed by atoms with Crippen LogP contribution in [0.2, 0.25) is 0 Å². The van der Waals surface area contributed by atoms with E-state index in [0.717, 1.165) is 116 Å². The second-order valence-corrected chi connectivity index (χ2v) is 22.0. The summed E-state index contributed by atoms with van der Waals surface area (Å²) in [6.45, 7) is 6.32. The summed E-state index contributed by atoms with van der Waals surface area (Å²) in [5, 5.41) is 0. The summed E-state index contributed by atoms with van der Waals surface area (Å²) in [7, 11) is 0. The minimum Gasteiger partial charge on any atom is -0.462 e. The lowest BCUT2D eigenvalue weighted by atomic mass is 10.0. The topological polar surface area (TPSA) is 78.9 Å². The molecule has 0 bridgehead atoms. The lowest BCUT2D eigenvalue weighted by Gasteiger charge is -2.18. The van der Waals surface area contributed by atoms with E-state index in [9.17, 15) is 14.4 Å². The predicted molar refractivity (Wildman–Crippen MR) is 353 cm³/mol. The van der Waals surface area contributed by atoms with Gasteiger partial charge in [0.05, 0.1) is 0 Å². The first-order valence-electron chi connectivity index (χ1n) is 33.7. The van der Waals surface area contributed by atoms with Crippen molar-refractivity contribution in [3.63, 3.8) is 0 Å². The van der Waals surface area contributed by atoms with E-state index in [-0.39, 0.29) is 31.6 Å². The van der Waals surface area contributed by atoms with Gasteiger partial charge in [-0.2, -0.15) is 0 Å². The normalized spacial score (nSPS) is 13.0. The molecular formula is C75H124O6. The molecule has 0 amide bonds. The van der Waals surface area contributed by atoms with Crippen molar-refractivity contribution in [1.29, 1.82) is 0 Å². The maximum Gasteiger partial charge on any atom is 0.306 e. The Kier molecular flexibility index (Phi) is 64.3. The largest absolute Gasteiger partial charge is 0.462 e. The van der Waals surface area contributed by atoms with Gasteiger partial charge in [0, 0.05) is 19.3 Å². The van der Waals surface area contributed by atoms with Gasteiger partial charge in [-0.3, -0.25) is 14.4 Å². The summed E-state index contributed by atoms with van der Waals surface area (Å²) in [6, 6.07) is 0. The molecule has 1 atom stereocenters. The molecule has 0 radical (unpaired) electrons. The van der Waals surface area contributed by atoms with Crippen LogP contribution in [0.25, 0.3) is 0 Å². The molecule has 81 heavy (non-hydrogen) atoms. The van der Waals surface area contributed by atoms with Crippen LogP contribution in [0.1, 0.15) is 303 Å². The van der Waals surface area contributed by atoms with Crippen molar-refractivity contribution >= 4 is 17.9 Å². The maximum absolute atomic E-state index is 12.9. The van der Waals surface area contributed by atoms with E-state index in [4.69, 9.17) is 14.2 Å². The smallest absolute Gasteiger partial charge is 0.306 e. The van der Waals surface area contributed by atoms with Gasteiger partial charge < -0.3 is 14.2 Å². The first-order valence-corrected chi connectivity index (χ1v) is 33.7. The van der Waals surface area contributed by atoms with Crippen LogP contribution in [0.3, 0.4) is 0 Å². The molecular weight excluding hydrogens is 997 g/mol. The highest BCUT2D eigenvalue weighted by Gasteiger charge is 2.19. The molecule has 6 heteroatoms. The summed E-state index contributed by atoms with van der Waals surface area (Å²) in [6.07, 6.45) is 96.5. The van der Waals surface area contributed by atoms with Crippen molar-refractivity contribution < 1.29 is 28.6 Å². The number of allylic oxidation sites excluding steroid dienone is 22. The van der Waals surface area contributed by atoms with E-state index in [1.165, 1.54) is 141 Å². The van der Waals surface area contributed by atoms with Gasteiger partial charge in [0.15, 0.2) is 6.10 Å². The first kappa shape index (κ1) is 76.5. The molecule has 0 aromatic heterocycles. The Bertz CT molecular complexity index is 1720. The second-order valence-electron chi connectivity index (χ2n) is 22.0. The van der Waals surface area contributed by atoms with Crippen LogP contribution in [0.4, 0.5) is 0 Å². The van der Waals surface area contributed by atoms with Crippen LogP contribution in [-0.4, -0.2) is 37.2 Å². The van der Waals surface area contributed by atoms with Crippen molar-refractivity contribution in [2.75, 3.05) is 13.2 Å². The molecule has 1 unspecified atom stereocenters. The lowest BCUT2D eigenvalue weighted by molar-refractivity contribution is -0.166. The van der Waals surface area contributed by atoms with Crippen LogP contribution < -0.4 is 0 Å². The number of carbonyl (C=O) groups is 3. The van der Waals surface area contributed by atoms with Gasteiger partial charge in [-0.15, -0.1) is 0 Å². The molecule has 0 aromatic carbocycles. The van der Waals surface area contributed by atoms with Gasteiger partial charge in [-0.25, -0.2) is 0 Å². The molecule has 0 N–H and O–H groups in total. The number of hydrogen-bond acceptors (Lipinski definition) is 6. The van der Waals surface area contributed by atoms with E-state index in [2.05, 4.69) is 148 Å². The van der Waals surface area contributed by atoms with Gasteiger partial charge in [-0.05, 0) is 116 Å². The van der Waals surface area contributed by atoms with E-state index < -0.39 is 12.1 Å². The third-order valence-electron chi connectivity index (χ3n) is 14.1. The van der Waals surface area contributed by atoms with Crippen LogP contribution in [0, 0.1) is 0 Å². The number of rotatable bonds is 60. The zero-order chi connectivity index (χ0) is 58.5.